The van der Waals surface area contributed by atoms with Crippen LogP contribution in [0.25, 0.3) is 10.8 Å². The maximum atomic E-state index is 12.0. The Balaban J connectivity index is 2.44. The number of benzene rings is 2. The Bertz CT molecular complexity index is 652. The number of fused-ring (bicyclic) bond motifs is 1. The zero-order valence-electron chi connectivity index (χ0n) is 11.3. The minimum Gasteiger partial charge on any atom is -0.507 e. The van der Waals surface area contributed by atoms with Crippen LogP contribution >= 0.6 is 15.9 Å². The van der Waals surface area contributed by atoms with Crippen LogP contribution < -0.4 is 0 Å². The molecule has 0 heterocycles. The highest BCUT2D eigenvalue weighted by atomic mass is 79.9. The molecule has 0 amide bonds. The molecule has 0 spiro atoms. The second-order valence-corrected chi connectivity index (χ2v) is 5.30. The summed E-state index contributed by atoms with van der Waals surface area (Å²) in [6, 6.07) is 6.97. The van der Waals surface area contributed by atoms with E-state index in [0.717, 1.165) is 15.4 Å². The minimum atomic E-state index is -0.461. The van der Waals surface area contributed by atoms with Crippen molar-refractivity contribution in [2.75, 3.05) is 20.3 Å². The molecule has 2 aromatic carbocycles. The molecule has 0 aliphatic carbocycles. The van der Waals surface area contributed by atoms with Gasteiger partial charge in [0.15, 0.2) is 0 Å². The molecular formula is C15H15BrO4. The minimum absolute atomic E-state index is 0.0665. The first-order chi connectivity index (χ1) is 9.54. The van der Waals surface area contributed by atoms with Crippen molar-refractivity contribution in [3.05, 3.63) is 39.9 Å². The molecule has 5 heteroatoms. The number of hydrogen-bond acceptors (Lipinski definition) is 4. The summed E-state index contributed by atoms with van der Waals surface area (Å²) < 4.78 is 10.8. The van der Waals surface area contributed by atoms with E-state index in [-0.39, 0.29) is 12.4 Å². The van der Waals surface area contributed by atoms with Gasteiger partial charge in [-0.25, -0.2) is 4.79 Å². The third-order valence-electron chi connectivity index (χ3n) is 3.09. The molecule has 0 aliphatic rings. The monoisotopic (exact) mass is 338 g/mol. The molecule has 0 aromatic heterocycles. The van der Waals surface area contributed by atoms with Crippen LogP contribution in [0.3, 0.4) is 0 Å². The number of phenolic OH excluding ortho intramolecular Hbond substituents is 1. The number of carbonyl (C=O) groups excluding carboxylic acids is 1. The molecule has 2 rings (SSSR count). The number of aromatic hydroxyl groups is 1. The smallest absolute Gasteiger partial charge is 0.338 e. The molecule has 0 fully saturated rings. The molecule has 0 atom stereocenters. The Morgan fingerprint density at radius 2 is 2.00 bits per heavy atom. The van der Waals surface area contributed by atoms with Crippen molar-refractivity contribution in [3.63, 3.8) is 0 Å². The van der Waals surface area contributed by atoms with Crippen molar-refractivity contribution >= 4 is 32.7 Å². The first-order valence-electron chi connectivity index (χ1n) is 6.12. The van der Waals surface area contributed by atoms with Crippen molar-refractivity contribution in [2.24, 2.45) is 0 Å². The van der Waals surface area contributed by atoms with Gasteiger partial charge in [-0.1, -0.05) is 15.9 Å². The lowest BCUT2D eigenvalue weighted by Gasteiger charge is -2.11. The number of hydrogen-bond donors (Lipinski definition) is 1. The summed E-state index contributed by atoms with van der Waals surface area (Å²) in [5.41, 5.74) is 1.14. The van der Waals surface area contributed by atoms with Crippen LogP contribution in [0.1, 0.15) is 15.9 Å². The average Bonchev–Trinajstić information content (AvgIpc) is 2.42. The molecule has 0 radical (unpaired) electrons. The van der Waals surface area contributed by atoms with Crippen molar-refractivity contribution in [3.8, 4) is 5.75 Å². The Hall–Kier alpha value is -1.59. The van der Waals surface area contributed by atoms with Crippen molar-refractivity contribution in [1.82, 2.24) is 0 Å². The normalized spacial score (nSPS) is 10.8. The van der Waals surface area contributed by atoms with Crippen LogP contribution in [0.5, 0.6) is 5.75 Å². The number of carbonyl (C=O) groups is 1. The lowest BCUT2D eigenvalue weighted by molar-refractivity contribution is 0.0387. The van der Waals surface area contributed by atoms with Crippen LogP contribution in [0.4, 0.5) is 0 Å². The van der Waals surface area contributed by atoms with Gasteiger partial charge < -0.3 is 14.6 Å². The van der Waals surface area contributed by atoms with E-state index in [0.29, 0.717) is 17.6 Å². The van der Waals surface area contributed by atoms with Crippen LogP contribution in [0, 0.1) is 6.92 Å². The number of ether oxygens (including phenoxy) is 2. The number of esters is 1. The third-order valence-corrected chi connectivity index (χ3v) is 3.58. The summed E-state index contributed by atoms with van der Waals surface area (Å²) in [5, 5.41) is 11.6. The second kappa shape index (κ2) is 6.24. The van der Waals surface area contributed by atoms with Gasteiger partial charge in [0.1, 0.15) is 12.4 Å². The fourth-order valence-electron chi connectivity index (χ4n) is 2.03. The molecule has 106 valence electrons. The highest BCUT2D eigenvalue weighted by Gasteiger charge is 2.16. The van der Waals surface area contributed by atoms with Gasteiger partial charge in [-0.3, -0.25) is 0 Å². The van der Waals surface area contributed by atoms with E-state index < -0.39 is 5.97 Å². The third kappa shape index (κ3) is 2.94. The van der Waals surface area contributed by atoms with Gasteiger partial charge >= 0.3 is 5.97 Å². The lowest BCUT2D eigenvalue weighted by atomic mass is 9.99. The van der Waals surface area contributed by atoms with E-state index >= 15 is 0 Å². The Morgan fingerprint density at radius 3 is 2.70 bits per heavy atom. The Morgan fingerprint density at radius 1 is 1.25 bits per heavy atom. The summed E-state index contributed by atoms with van der Waals surface area (Å²) in [5.74, 6) is -0.395. The molecule has 0 saturated heterocycles. The van der Waals surface area contributed by atoms with Crippen LogP contribution in [0.2, 0.25) is 0 Å². The maximum Gasteiger partial charge on any atom is 0.338 e. The highest BCUT2D eigenvalue weighted by molar-refractivity contribution is 9.10. The van der Waals surface area contributed by atoms with E-state index in [9.17, 15) is 9.90 Å². The summed E-state index contributed by atoms with van der Waals surface area (Å²) in [4.78, 5) is 12.0. The van der Waals surface area contributed by atoms with Gasteiger partial charge in [-0.2, -0.15) is 0 Å². The van der Waals surface area contributed by atoms with Crippen LogP contribution in [0.15, 0.2) is 28.7 Å². The van der Waals surface area contributed by atoms with Crippen molar-refractivity contribution < 1.29 is 19.4 Å². The van der Waals surface area contributed by atoms with E-state index in [1.165, 1.54) is 6.07 Å². The average molecular weight is 339 g/mol. The predicted octanol–water partition coefficient (Wildman–Crippen LogP) is 3.42. The first-order valence-corrected chi connectivity index (χ1v) is 6.91. The van der Waals surface area contributed by atoms with Gasteiger partial charge in [0.05, 0.1) is 12.2 Å². The van der Waals surface area contributed by atoms with Crippen molar-refractivity contribution in [2.45, 2.75) is 6.92 Å². The van der Waals surface area contributed by atoms with Gasteiger partial charge in [0, 0.05) is 17.0 Å². The second-order valence-electron chi connectivity index (χ2n) is 4.39. The fourth-order valence-corrected chi connectivity index (χ4v) is 2.39. The van der Waals surface area contributed by atoms with E-state index in [1.54, 1.807) is 7.11 Å². The SMILES string of the molecule is COCCOC(=O)c1cc(O)c2ccc(Br)cc2c1C. The number of halogens is 1. The summed E-state index contributed by atoms with van der Waals surface area (Å²) >= 11 is 3.39. The maximum absolute atomic E-state index is 12.0. The summed E-state index contributed by atoms with van der Waals surface area (Å²) in [6.07, 6.45) is 0. The van der Waals surface area contributed by atoms with Gasteiger partial charge in [-0.05, 0) is 42.1 Å². The summed E-state index contributed by atoms with van der Waals surface area (Å²) in [7, 11) is 1.54. The number of phenols is 1. The zero-order valence-corrected chi connectivity index (χ0v) is 12.9. The molecule has 4 nitrogen and oxygen atoms in total. The fraction of sp³-hybridized carbons (Fsp3) is 0.267. The first kappa shape index (κ1) is 14.8. The Labute approximate surface area is 125 Å². The highest BCUT2D eigenvalue weighted by Crippen LogP contribution is 2.32. The topological polar surface area (TPSA) is 55.8 Å². The van der Waals surface area contributed by atoms with Crippen LogP contribution in [-0.4, -0.2) is 31.4 Å². The number of aryl methyl sites for hydroxylation is 1. The number of methoxy groups -OCH3 is 1. The Kier molecular flexibility index (Phi) is 4.62. The molecule has 0 saturated carbocycles. The molecule has 2 aromatic rings. The van der Waals surface area contributed by atoms with E-state index in [4.69, 9.17) is 9.47 Å². The summed E-state index contributed by atoms with van der Waals surface area (Å²) in [6.45, 7) is 2.36. The molecule has 0 unspecified atom stereocenters. The largest absolute Gasteiger partial charge is 0.507 e. The molecule has 0 bridgehead atoms. The zero-order chi connectivity index (χ0) is 14.7. The standard InChI is InChI=1S/C15H15BrO4/c1-9-12-7-10(16)3-4-11(12)14(17)8-13(9)15(18)20-6-5-19-2/h3-4,7-8,17H,5-6H2,1-2H3. The van der Waals surface area contributed by atoms with Gasteiger partial charge in [-0.15, -0.1) is 0 Å². The number of rotatable bonds is 4. The molecular weight excluding hydrogens is 324 g/mol. The van der Waals surface area contributed by atoms with Crippen molar-refractivity contribution in [1.29, 1.82) is 0 Å². The predicted molar refractivity (Wildman–Crippen MR) is 80.2 cm³/mol. The molecule has 0 aliphatic heterocycles. The van der Waals surface area contributed by atoms with E-state index in [2.05, 4.69) is 15.9 Å². The van der Waals surface area contributed by atoms with Gasteiger partial charge in [0.2, 0.25) is 0 Å². The van der Waals surface area contributed by atoms with E-state index in [1.807, 2.05) is 25.1 Å². The quantitative estimate of drug-likeness (QED) is 0.685. The van der Waals surface area contributed by atoms with Crippen LogP contribution in [-0.2, 0) is 9.47 Å². The molecule has 1 N–H and O–H groups in total. The van der Waals surface area contributed by atoms with Gasteiger partial charge in [0.25, 0.3) is 0 Å². The molecule has 20 heavy (non-hydrogen) atoms. The lowest BCUT2D eigenvalue weighted by Crippen LogP contribution is -2.11.